The molecule has 0 radical (unpaired) electrons. The van der Waals surface area contributed by atoms with Crippen molar-refractivity contribution in [2.24, 2.45) is 11.7 Å². The molecule has 1 aromatic rings. The molecule has 1 aliphatic rings. The highest BCUT2D eigenvalue weighted by Gasteiger charge is 2.32. The Bertz CT molecular complexity index is 475. The van der Waals surface area contributed by atoms with Crippen molar-refractivity contribution >= 4 is 17.6 Å². The molecule has 2 N–H and O–H groups in total. The fraction of sp³-hybridized carbons (Fsp3) is 0.417. The van der Waals surface area contributed by atoms with E-state index in [0.717, 1.165) is 0 Å². The largest absolute Gasteiger partial charge is 0.465 e. The van der Waals surface area contributed by atoms with E-state index in [-0.39, 0.29) is 11.8 Å². The quantitative estimate of drug-likeness (QED) is 0.772. The van der Waals surface area contributed by atoms with Crippen LogP contribution in [0.25, 0.3) is 0 Å². The molecule has 0 aliphatic carbocycles. The molecule has 1 amide bonds. The predicted octanol–water partition coefficient (Wildman–Crippen LogP) is 0.180. The minimum Gasteiger partial charge on any atom is -0.465 e. The summed E-state index contributed by atoms with van der Waals surface area (Å²) in [6, 6.07) is 1.64. The number of esters is 1. The zero-order chi connectivity index (χ0) is 13.1. The Balaban J connectivity index is 2.34. The predicted molar refractivity (Wildman–Crippen MR) is 65.1 cm³/mol. The summed E-state index contributed by atoms with van der Waals surface area (Å²) in [4.78, 5) is 29.0. The zero-order valence-electron chi connectivity index (χ0n) is 10.1. The highest BCUT2D eigenvalue weighted by molar-refractivity contribution is 6.03. The number of anilines is 1. The first-order valence-electron chi connectivity index (χ1n) is 5.70. The second-order valence-electron chi connectivity index (χ2n) is 4.19. The maximum Gasteiger partial charge on any atom is 0.341 e. The minimum atomic E-state index is -0.498. The van der Waals surface area contributed by atoms with E-state index < -0.39 is 5.97 Å². The van der Waals surface area contributed by atoms with Crippen LogP contribution in [-0.4, -0.2) is 37.1 Å². The summed E-state index contributed by atoms with van der Waals surface area (Å²) in [5, 5.41) is 0. The first-order valence-corrected chi connectivity index (χ1v) is 5.70. The Hall–Kier alpha value is -1.95. The molecule has 2 rings (SSSR count). The Morgan fingerprint density at radius 1 is 1.67 bits per heavy atom. The highest BCUT2D eigenvalue weighted by Crippen LogP contribution is 2.27. The van der Waals surface area contributed by atoms with E-state index in [1.165, 1.54) is 13.3 Å². The van der Waals surface area contributed by atoms with Gasteiger partial charge in [-0.25, -0.2) is 4.79 Å². The van der Waals surface area contributed by atoms with Gasteiger partial charge in [-0.3, -0.25) is 9.78 Å². The molecular formula is C12H15N3O3. The molecule has 1 unspecified atom stereocenters. The van der Waals surface area contributed by atoms with Crippen molar-refractivity contribution < 1.29 is 14.3 Å². The molecule has 6 nitrogen and oxygen atoms in total. The Kier molecular flexibility index (Phi) is 3.57. The number of hydrogen-bond acceptors (Lipinski definition) is 5. The lowest BCUT2D eigenvalue weighted by atomic mass is 10.1. The van der Waals surface area contributed by atoms with E-state index in [9.17, 15) is 9.59 Å². The summed E-state index contributed by atoms with van der Waals surface area (Å²) in [5.41, 5.74) is 6.41. The van der Waals surface area contributed by atoms with Crippen LogP contribution in [-0.2, 0) is 9.53 Å². The summed E-state index contributed by atoms with van der Waals surface area (Å²) in [6.45, 7) is 0.990. The standard InChI is InChI=1S/C12H15N3O3/c1-18-12(17)9-6-14-3-2-10(9)15-7-8(5-13)4-11(15)16/h2-3,6,8H,4-5,7,13H2,1H3. The Morgan fingerprint density at radius 3 is 3.06 bits per heavy atom. The molecule has 0 saturated carbocycles. The van der Waals surface area contributed by atoms with Gasteiger partial charge in [0.2, 0.25) is 5.91 Å². The number of carbonyl (C=O) groups is 2. The molecule has 2 heterocycles. The molecule has 0 aromatic carbocycles. The van der Waals surface area contributed by atoms with Crippen LogP contribution >= 0.6 is 0 Å². The fourth-order valence-corrected chi connectivity index (χ4v) is 2.06. The molecule has 1 aromatic heterocycles. The van der Waals surface area contributed by atoms with Crippen molar-refractivity contribution in [1.82, 2.24) is 4.98 Å². The molecule has 96 valence electrons. The van der Waals surface area contributed by atoms with Crippen LogP contribution in [0.3, 0.4) is 0 Å². The first kappa shape index (κ1) is 12.5. The second kappa shape index (κ2) is 5.14. The van der Waals surface area contributed by atoms with E-state index in [4.69, 9.17) is 5.73 Å². The van der Waals surface area contributed by atoms with Crippen LogP contribution in [0.15, 0.2) is 18.5 Å². The van der Waals surface area contributed by atoms with E-state index in [0.29, 0.717) is 30.8 Å². The van der Waals surface area contributed by atoms with Crippen LogP contribution in [0.5, 0.6) is 0 Å². The number of hydrogen-bond donors (Lipinski definition) is 1. The van der Waals surface area contributed by atoms with E-state index >= 15 is 0 Å². The van der Waals surface area contributed by atoms with Gasteiger partial charge in [-0.15, -0.1) is 0 Å². The molecule has 1 fully saturated rings. The fourth-order valence-electron chi connectivity index (χ4n) is 2.06. The van der Waals surface area contributed by atoms with Gasteiger partial charge in [0.05, 0.1) is 12.8 Å². The summed E-state index contributed by atoms with van der Waals surface area (Å²) in [5.74, 6) is -0.389. The molecule has 1 atom stereocenters. The van der Waals surface area contributed by atoms with Gasteiger partial charge in [0.15, 0.2) is 0 Å². The van der Waals surface area contributed by atoms with Gasteiger partial charge in [0.1, 0.15) is 5.56 Å². The molecule has 18 heavy (non-hydrogen) atoms. The van der Waals surface area contributed by atoms with Gasteiger partial charge >= 0.3 is 5.97 Å². The van der Waals surface area contributed by atoms with Crippen LogP contribution < -0.4 is 10.6 Å². The minimum absolute atomic E-state index is 0.0261. The van der Waals surface area contributed by atoms with Crippen molar-refractivity contribution in [3.8, 4) is 0 Å². The number of pyridine rings is 1. The Morgan fingerprint density at radius 2 is 2.44 bits per heavy atom. The maximum absolute atomic E-state index is 11.9. The van der Waals surface area contributed by atoms with Crippen LogP contribution in [0, 0.1) is 5.92 Å². The summed E-state index contributed by atoms with van der Waals surface area (Å²) >= 11 is 0. The highest BCUT2D eigenvalue weighted by atomic mass is 16.5. The average molecular weight is 249 g/mol. The van der Waals surface area contributed by atoms with Crippen LogP contribution in [0.1, 0.15) is 16.8 Å². The first-order chi connectivity index (χ1) is 8.67. The number of carbonyl (C=O) groups excluding carboxylic acids is 2. The number of nitrogens with two attached hydrogens (primary N) is 1. The van der Waals surface area contributed by atoms with Gasteiger partial charge in [0.25, 0.3) is 0 Å². The van der Waals surface area contributed by atoms with Crippen molar-refractivity contribution in [2.75, 3.05) is 25.1 Å². The lowest BCUT2D eigenvalue weighted by Gasteiger charge is -2.18. The number of ether oxygens (including phenoxy) is 1. The van der Waals surface area contributed by atoms with Crippen molar-refractivity contribution in [3.05, 3.63) is 24.0 Å². The molecule has 0 bridgehead atoms. The average Bonchev–Trinajstić information content (AvgIpc) is 2.79. The van der Waals surface area contributed by atoms with Crippen molar-refractivity contribution in [2.45, 2.75) is 6.42 Å². The summed E-state index contributed by atoms with van der Waals surface area (Å²) in [7, 11) is 1.30. The molecule has 0 spiro atoms. The number of aromatic nitrogens is 1. The normalized spacial score (nSPS) is 19.1. The van der Waals surface area contributed by atoms with Crippen LogP contribution in [0.2, 0.25) is 0 Å². The zero-order valence-corrected chi connectivity index (χ0v) is 10.1. The Labute approximate surface area is 105 Å². The topological polar surface area (TPSA) is 85.5 Å². The number of amides is 1. The third-order valence-electron chi connectivity index (χ3n) is 3.03. The van der Waals surface area contributed by atoms with Gasteiger partial charge in [-0.1, -0.05) is 0 Å². The monoisotopic (exact) mass is 249 g/mol. The second-order valence-corrected chi connectivity index (χ2v) is 4.19. The van der Waals surface area contributed by atoms with Gasteiger partial charge in [-0.05, 0) is 18.5 Å². The third-order valence-corrected chi connectivity index (χ3v) is 3.03. The third kappa shape index (κ3) is 2.19. The maximum atomic E-state index is 11.9. The van der Waals surface area contributed by atoms with E-state index in [1.54, 1.807) is 17.2 Å². The SMILES string of the molecule is COC(=O)c1cnccc1N1CC(CN)CC1=O. The smallest absolute Gasteiger partial charge is 0.341 e. The van der Waals surface area contributed by atoms with Gasteiger partial charge < -0.3 is 15.4 Å². The molecule has 1 aliphatic heterocycles. The van der Waals surface area contributed by atoms with Crippen molar-refractivity contribution in [1.29, 1.82) is 0 Å². The summed E-state index contributed by atoms with van der Waals surface area (Å²) < 4.78 is 4.68. The lowest BCUT2D eigenvalue weighted by Crippen LogP contribution is -2.27. The molecule has 6 heteroatoms. The molecule has 1 saturated heterocycles. The molecular weight excluding hydrogens is 234 g/mol. The van der Waals surface area contributed by atoms with Crippen molar-refractivity contribution in [3.63, 3.8) is 0 Å². The lowest BCUT2D eigenvalue weighted by molar-refractivity contribution is -0.117. The van der Waals surface area contributed by atoms with Gasteiger partial charge in [-0.2, -0.15) is 0 Å². The van der Waals surface area contributed by atoms with E-state index in [2.05, 4.69) is 9.72 Å². The summed E-state index contributed by atoms with van der Waals surface area (Å²) in [6.07, 6.45) is 3.37. The van der Waals surface area contributed by atoms with Gasteiger partial charge in [0, 0.05) is 25.4 Å². The number of nitrogens with zero attached hydrogens (tertiary/aromatic N) is 2. The number of rotatable bonds is 3. The van der Waals surface area contributed by atoms with Crippen LogP contribution in [0.4, 0.5) is 5.69 Å². The number of methoxy groups -OCH3 is 1. The van der Waals surface area contributed by atoms with E-state index in [1.807, 2.05) is 0 Å².